The van der Waals surface area contributed by atoms with Crippen molar-refractivity contribution >= 4 is 21.8 Å². The molecule has 0 unspecified atom stereocenters. The van der Waals surface area contributed by atoms with Crippen molar-refractivity contribution in [3.63, 3.8) is 0 Å². The van der Waals surface area contributed by atoms with E-state index in [1.165, 1.54) is 0 Å². The molecule has 2 nitrogen and oxygen atoms in total. The molecule has 0 aromatic carbocycles. The molecule has 0 bridgehead atoms. The van der Waals surface area contributed by atoms with Crippen molar-refractivity contribution in [1.82, 2.24) is 0 Å². The van der Waals surface area contributed by atoms with Crippen molar-refractivity contribution in [2.75, 3.05) is 0 Å². The molecule has 50 valence electrons. The van der Waals surface area contributed by atoms with E-state index in [1.54, 1.807) is 6.08 Å². The Bertz CT molecular complexity index is 183. The summed E-state index contributed by atoms with van der Waals surface area (Å²) in [4.78, 5) is 0. The molecule has 0 radical (unpaired) electrons. The van der Waals surface area contributed by atoms with Crippen LogP contribution < -0.4 is 0 Å². The van der Waals surface area contributed by atoms with E-state index in [2.05, 4.69) is 15.9 Å². The van der Waals surface area contributed by atoms with Gasteiger partial charge in [-0.15, -0.1) is 0 Å². The summed E-state index contributed by atoms with van der Waals surface area (Å²) in [5, 5.41) is 7.11. The Hall–Kier alpha value is -0.310. The predicted molar refractivity (Wildman–Crippen MR) is 39.9 cm³/mol. The molecular weight excluding hydrogens is 182 g/mol. The number of hydrogen-bond acceptors (Lipinski definition) is 2. The summed E-state index contributed by atoms with van der Waals surface area (Å²) in [7, 11) is 0. The smallest absolute Gasteiger partial charge is 0.207 e. The van der Waals surface area contributed by atoms with Crippen molar-refractivity contribution in [3.05, 3.63) is 10.6 Å². The Morgan fingerprint density at radius 3 is 2.33 bits per heavy atom. The molecule has 9 heavy (non-hydrogen) atoms. The van der Waals surface area contributed by atoms with Crippen LogP contribution in [0.5, 0.6) is 0 Å². The van der Waals surface area contributed by atoms with Crippen LogP contribution in [0, 0.1) is 5.41 Å². The molecule has 0 amide bonds. The lowest BCUT2D eigenvalue weighted by Gasteiger charge is -2.17. The van der Waals surface area contributed by atoms with Crippen molar-refractivity contribution < 1.29 is 4.74 Å². The summed E-state index contributed by atoms with van der Waals surface area (Å²) in [6.45, 7) is 3.82. The molecule has 1 aliphatic heterocycles. The van der Waals surface area contributed by atoms with Gasteiger partial charge in [-0.2, -0.15) is 0 Å². The van der Waals surface area contributed by atoms with E-state index in [-0.39, 0.29) is 11.5 Å². The van der Waals surface area contributed by atoms with Gasteiger partial charge in [0.1, 0.15) is 5.60 Å². The Kier molecular flexibility index (Phi) is 1.39. The zero-order valence-corrected chi connectivity index (χ0v) is 6.95. The number of rotatable bonds is 0. The minimum Gasteiger partial charge on any atom is -0.467 e. The zero-order valence-electron chi connectivity index (χ0n) is 5.36. The summed E-state index contributed by atoms with van der Waals surface area (Å²) >= 11 is 3.30. The molecule has 0 aromatic rings. The highest BCUT2D eigenvalue weighted by Crippen LogP contribution is 2.31. The fourth-order valence-electron chi connectivity index (χ4n) is 0.642. The fourth-order valence-corrected chi connectivity index (χ4v) is 0.931. The third kappa shape index (κ3) is 1.15. The quantitative estimate of drug-likeness (QED) is 0.622. The third-order valence-corrected chi connectivity index (χ3v) is 2.38. The Morgan fingerprint density at radius 1 is 1.67 bits per heavy atom. The molecule has 0 fully saturated rings. The molecule has 3 heteroatoms. The maximum absolute atomic E-state index is 7.11. The van der Waals surface area contributed by atoms with E-state index in [4.69, 9.17) is 10.1 Å². The predicted octanol–water partition coefficient (Wildman–Crippen LogP) is 2.05. The molecule has 0 atom stereocenters. The molecule has 0 aliphatic carbocycles. The van der Waals surface area contributed by atoms with Crippen LogP contribution in [-0.4, -0.2) is 11.5 Å². The molecule has 0 spiro atoms. The van der Waals surface area contributed by atoms with E-state index in [0.29, 0.717) is 0 Å². The van der Waals surface area contributed by atoms with Crippen LogP contribution in [0.25, 0.3) is 0 Å². The highest BCUT2D eigenvalue weighted by molar-refractivity contribution is 9.11. The minimum absolute atomic E-state index is 0.229. The topological polar surface area (TPSA) is 33.1 Å². The van der Waals surface area contributed by atoms with E-state index in [1.807, 2.05) is 13.8 Å². The highest BCUT2D eigenvalue weighted by atomic mass is 79.9. The molecule has 1 N–H and O–H groups in total. The second kappa shape index (κ2) is 1.84. The lowest BCUT2D eigenvalue weighted by Crippen LogP contribution is -2.20. The standard InChI is InChI=1S/C6H8BrNO/c1-6(2)4(7)3-5(8)9-6/h3,8H,1-2H3. The van der Waals surface area contributed by atoms with Gasteiger partial charge in [0.05, 0.1) is 0 Å². The number of ether oxygens (including phenoxy) is 1. The molecule has 1 heterocycles. The summed E-state index contributed by atoms with van der Waals surface area (Å²) in [5.74, 6) is 0.229. The largest absolute Gasteiger partial charge is 0.467 e. The normalized spacial score (nSPS) is 23.4. The Labute approximate surface area is 62.5 Å². The van der Waals surface area contributed by atoms with Gasteiger partial charge in [-0.1, -0.05) is 15.9 Å². The number of halogens is 1. The van der Waals surface area contributed by atoms with Crippen molar-refractivity contribution in [3.8, 4) is 0 Å². The van der Waals surface area contributed by atoms with E-state index in [0.717, 1.165) is 4.48 Å². The highest BCUT2D eigenvalue weighted by Gasteiger charge is 2.30. The monoisotopic (exact) mass is 189 g/mol. The van der Waals surface area contributed by atoms with Crippen LogP contribution in [0.15, 0.2) is 10.6 Å². The lowest BCUT2D eigenvalue weighted by atomic mass is 10.1. The average molecular weight is 190 g/mol. The van der Waals surface area contributed by atoms with Crippen LogP contribution in [0.3, 0.4) is 0 Å². The maximum Gasteiger partial charge on any atom is 0.207 e. The summed E-state index contributed by atoms with van der Waals surface area (Å²) < 4.78 is 6.04. The minimum atomic E-state index is -0.322. The Morgan fingerprint density at radius 2 is 2.22 bits per heavy atom. The number of nitrogens with one attached hydrogen (secondary N) is 1. The first-order valence-electron chi connectivity index (χ1n) is 2.67. The number of hydrogen-bond donors (Lipinski definition) is 1. The second-order valence-electron chi connectivity index (χ2n) is 2.47. The van der Waals surface area contributed by atoms with Crippen LogP contribution in [0.2, 0.25) is 0 Å². The summed E-state index contributed by atoms with van der Waals surface area (Å²) in [5.41, 5.74) is -0.322. The molecule has 1 aliphatic rings. The van der Waals surface area contributed by atoms with E-state index in [9.17, 15) is 0 Å². The van der Waals surface area contributed by atoms with Gasteiger partial charge in [0.15, 0.2) is 0 Å². The first-order chi connectivity index (χ1) is 4.02. The average Bonchev–Trinajstić information content (AvgIpc) is 1.79. The zero-order chi connectivity index (χ0) is 7.07. The first kappa shape index (κ1) is 6.81. The van der Waals surface area contributed by atoms with Crippen molar-refractivity contribution in [2.45, 2.75) is 19.4 Å². The molecule has 1 rings (SSSR count). The van der Waals surface area contributed by atoms with E-state index < -0.39 is 0 Å². The van der Waals surface area contributed by atoms with Crippen molar-refractivity contribution in [2.24, 2.45) is 0 Å². The van der Waals surface area contributed by atoms with Gasteiger partial charge in [-0.3, -0.25) is 5.41 Å². The molecular formula is C6H8BrNO. The van der Waals surface area contributed by atoms with Gasteiger partial charge in [-0.05, 0) is 13.8 Å². The van der Waals surface area contributed by atoms with Crippen LogP contribution in [0.4, 0.5) is 0 Å². The SMILES string of the molecule is CC1(C)OC(=N)C=C1Br. The summed E-state index contributed by atoms with van der Waals surface area (Å²) in [6.07, 6.45) is 1.67. The lowest BCUT2D eigenvalue weighted by molar-refractivity contribution is 0.157. The molecule has 0 saturated carbocycles. The van der Waals surface area contributed by atoms with Gasteiger partial charge in [0.25, 0.3) is 0 Å². The fraction of sp³-hybridized carbons (Fsp3) is 0.500. The van der Waals surface area contributed by atoms with Gasteiger partial charge in [0.2, 0.25) is 5.90 Å². The van der Waals surface area contributed by atoms with Gasteiger partial charge in [-0.25, -0.2) is 0 Å². The van der Waals surface area contributed by atoms with E-state index >= 15 is 0 Å². The van der Waals surface area contributed by atoms with Gasteiger partial charge in [0, 0.05) is 10.6 Å². The van der Waals surface area contributed by atoms with Crippen LogP contribution in [0.1, 0.15) is 13.8 Å². The first-order valence-corrected chi connectivity index (χ1v) is 3.47. The van der Waals surface area contributed by atoms with Crippen molar-refractivity contribution in [1.29, 1.82) is 5.41 Å². The van der Waals surface area contributed by atoms with Gasteiger partial charge >= 0.3 is 0 Å². The maximum atomic E-state index is 7.11. The second-order valence-corrected chi connectivity index (χ2v) is 3.32. The Balaban J connectivity index is 2.89. The van der Waals surface area contributed by atoms with Gasteiger partial charge < -0.3 is 4.74 Å². The van der Waals surface area contributed by atoms with Crippen LogP contribution >= 0.6 is 15.9 Å². The molecule has 0 saturated heterocycles. The molecule has 0 aromatic heterocycles. The van der Waals surface area contributed by atoms with Crippen LogP contribution in [-0.2, 0) is 4.74 Å². The summed E-state index contributed by atoms with van der Waals surface area (Å²) in [6, 6.07) is 0. The third-order valence-electron chi connectivity index (χ3n) is 1.20.